The topological polar surface area (TPSA) is 72.7 Å². The molecule has 0 spiro atoms. The van der Waals surface area contributed by atoms with E-state index in [2.05, 4.69) is 37.2 Å². The molecule has 0 saturated heterocycles. The maximum absolute atomic E-state index is 12.4. The number of anilines is 1. The standard InChI is InChI=1S/C25H19N5OS2/c31-23(27-24-26-15-16-32-24)20-13-11-18(12-14-20)17-33-25-29-28-22(19-7-3-1-4-8-19)30(25)21-9-5-2-6-10-21/h1-16H,17H2,(H,26,27,31). The van der Waals surface area contributed by atoms with E-state index in [0.717, 1.165) is 27.8 Å². The van der Waals surface area contributed by atoms with E-state index in [4.69, 9.17) is 0 Å². The van der Waals surface area contributed by atoms with Gasteiger partial charge in [0.25, 0.3) is 5.91 Å². The zero-order valence-corrected chi connectivity index (χ0v) is 19.1. The van der Waals surface area contributed by atoms with E-state index < -0.39 is 0 Å². The third kappa shape index (κ3) is 4.87. The molecular weight excluding hydrogens is 450 g/mol. The summed E-state index contributed by atoms with van der Waals surface area (Å²) >= 11 is 3.00. The van der Waals surface area contributed by atoms with Crippen LogP contribution in [0.15, 0.2) is 102 Å². The monoisotopic (exact) mass is 469 g/mol. The van der Waals surface area contributed by atoms with Crippen LogP contribution >= 0.6 is 23.1 Å². The number of carbonyl (C=O) groups excluding carboxylic acids is 1. The molecule has 0 saturated carbocycles. The molecule has 0 aliphatic carbocycles. The molecule has 2 heterocycles. The molecule has 0 radical (unpaired) electrons. The zero-order chi connectivity index (χ0) is 22.5. The van der Waals surface area contributed by atoms with Gasteiger partial charge in [-0.1, -0.05) is 72.4 Å². The molecule has 1 amide bonds. The van der Waals surface area contributed by atoms with Crippen molar-refractivity contribution in [3.8, 4) is 17.1 Å². The van der Waals surface area contributed by atoms with Crippen LogP contribution in [0.25, 0.3) is 17.1 Å². The minimum absolute atomic E-state index is 0.166. The molecule has 3 aromatic carbocycles. The number of thiazole rings is 1. The molecule has 6 nitrogen and oxygen atoms in total. The number of carbonyl (C=O) groups is 1. The number of nitrogens with zero attached hydrogens (tertiary/aromatic N) is 4. The average Bonchev–Trinajstić information content (AvgIpc) is 3.54. The van der Waals surface area contributed by atoms with Crippen molar-refractivity contribution in [3.63, 3.8) is 0 Å². The highest BCUT2D eigenvalue weighted by atomic mass is 32.2. The third-order valence-electron chi connectivity index (χ3n) is 4.92. The summed E-state index contributed by atoms with van der Waals surface area (Å²) in [5.41, 5.74) is 3.71. The zero-order valence-electron chi connectivity index (χ0n) is 17.5. The molecular formula is C25H19N5OS2. The van der Waals surface area contributed by atoms with Crippen molar-refractivity contribution in [3.05, 3.63) is 108 Å². The van der Waals surface area contributed by atoms with Crippen molar-refractivity contribution >= 4 is 34.1 Å². The van der Waals surface area contributed by atoms with Gasteiger partial charge in [-0.25, -0.2) is 4.98 Å². The number of hydrogen-bond donors (Lipinski definition) is 1. The molecule has 0 fully saturated rings. The van der Waals surface area contributed by atoms with Crippen LogP contribution in [0.5, 0.6) is 0 Å². The SMILES string of the molecule is O=C(Nc1nccs1)c1ccc(CSc2nnc(-c3ccccc3)n2-c2ccccc2)cc1. The van der Waals surface area contributed by atoms with Gasteiger partial charge in [0.1, 0.15) is 0 Å². The van der Waals surface area contributed by atoms with E-state index >= 15 is 0 Å². The van der Waals surface area contributed by atoms with E-state index in [1.54, 1.807) is 18.0 Å². The van der Waals surface area contributed by atoms with Gasteiger partial charge in [-0.15, -0.1) is 21.5 Å². The Labute approximate surface area is 199 Å². The first kappa shape index (κ1) is 21.1. The highest BCUT2D eigenvalue weighted by Crippen LogP contribution is 2.29. The summed E-state index contributed by atoms with van der Waals surface area (Å²) in [5, 5.41) is 15.0. The van der Waals surface area contributed by atoms with Gasteiger partial charge in [0, 0.05) is 34.1 Å². The van der Waals surface area contributed by atoms with Crippen molar-refractivity contribution in [2.45, 2.75) is 10.9 Å². The van der Waals surface area contributed by atoms with E-state index in [1.807, 2.05) is 78.2 Å². The number of para-hydroxylation sites is 1. The minimum atomic E-state index is -0.166. The van der Waals surface area contributed by atoms with Crippen LogP contribution in [-0.2, 0) is 5.75 Å². The summed E-state index contributed by atoms with van der Waals surface area (Å²) in [4.78, 5) is 16.5. The Kier molecular flexibility index (Phi) is 6.27. The van der Waals surface area contributed by atoms with Crippen LogP contribution in [-0.4, -0.2) is 25.7 Å². The second-order valence-corrected chi connectivity index (χ2v) is 8.96. The maximum atomic E-state index is 12.4. The van der Waals surface area contributed by atoms with Gasteiger partial charge in [-0.3, -0.25) is 14.7 Å². The summed E-state index contributed by atoms with van der Waals surface area (Å²) in [6.07, 6.45) is 1.66. The molecule has 1 N–H and O–H groups in total. The lowest BCUT2D eigenvalue weighted by Crippen LogP contribution is -2.11. The molecule has 162 valence electrons. The van der Waals surface area contributed by atoms with Gasteiger partial charge in [0.05, 0.1) is 0 Å². The Hall–Kier alpha value is -3.75. The maximum Gasteiger partial charge on any atom is 0.257 e. The number of thioether (sulfide) groups is 1. The van der Waals surface area contributed by atoms with Gasteiger partial charge < -0.3 is 0 Å². The van der Waals surface area contributed by atoms with Gasteiger partial charge in [-0.05, 0) is 29.8 Å². The first-order valence-corrected chi connectivity index (χ1v) is 12.1. The Morgan fingerprint density at radius 1 is 0.909 bits per heavy atom. The Bertz CT molecular complexity index is 1340. The third-order valence-corrected chi connectivity index (χ3v) is 6.61. The Balaban J connectivity index is 1.35. The fourth-order valence-corrected chi connectivity index (χ4v) is 4.73. The van der Waals surface area contributed by atoms with Crippen LogP contribution in [0.4, 0.5) is 5.13 Å². The summed E-state index contributed by atoms with van der Waals surface area (Å²) in [5.74, 6) is 1.34. The van der Waals surface area contributed by atoms with Crippen LogP contribution in [0.1, 0.15) is 15.9 Å². The average molecular weight is 470 g/mol. The van der Waals surface area contributed by atoms with E-state index in [9.17, 15) is 4.79 Å². The second-order valence-electron chi connectivity index (χ2n) is 7.12. The van der Waals surface area contributed by atoms with E-state index in [-0.39, 0.29) is 5.91 Å². The number of benzene rings is 3. The summed E-state index contributed by atoms with van der Waals surface area (Å²) < 4.78 is 2.08. The van der Waals surface area contributed by atoms with Gasteiger partial charge in [0.15, 0.2) is 16.1 Å². The van der Waals surface area contributed by atoms with E-state index in [1.165, 1.54) is 11.3 Å². The molecule has 2 aromatic heterocycles. The quantitative estimate of drug-likeness (QED) is 0.299. The number of hydrogen-bond acceptors (Lipinski definition) is 6. The predicted octanol–water partition coefficient (Wildman–Crippen LogP) is 5.94. The van der Waals surface area contributed by atoms with Crippen molar-refractivity contribution in [1.29, 1.82) is 0 Å². The normalized spacial score (nSPS) is 10.8. The molecule has 0 aliphatic heterocycles. The number of nitrogens with one attached hydrogen (secondary N) is 1. The smallest absolute Gasteiger partial charge is 0.257 e. The lowest BCUT2D eigenvalue weighted by molar-refractivity contribution is 0.102. The van der Waals surface area contributed by atoms with Crippen LogP contribution in [0.3, 0.4) is 0 Å². The number of amides is 1. The first-order chi connectivity index (χ1) is 16.3. The predicted molar refractivity (Wildman–Crippen MR) is 133 cm³/mol. The summed E-state index contributed by atoms with van der Waals surface area (Å²) in [6, 6.07) is 27.8. The first-order valence-electron chi connectivity index (χ1n) is 10.3. The Morgan fingerprint density at radius 2 is 1.64 bits per heavy atom. The number of rotatable bonds is 7. The minimum Gasteiger partial charge on any atom is -0.298 e. The van der Waals surface area contributed by atoms with Crippen molar-refractivity contribution in [2.24, 2.45) is 0 Å². The molecule has 8 heteroatoms. The highest BCUT2D eigenvalue weighted by molar-refractivity contribution is 7.98. The molecule has 0 aliphatic rings. The molecule has 5 aromatic rings. The summed E-state index contributed by atoms with van der Waals surface area (Å²) in [7, 11) is 0. The molecule has 0 atom stereocenters. The van der Waals surface area contributed by atoms with Crippen LogP contribution < -0.4 is 5.32 Å². The van der Waals surface area contributed by atoms with Gasteiger partial charge in [0.2, 0.25) is 0 Å². The largest absolute Gasteiger partial charge is 0.298 e. The highest BCUT2D eigenvalue weighted by Gasteiger charge is 2.16. The Morgan fingerprint density at radius 3 is 2.33 bits per heavy atom. The van der Waals surface area contributed by atoms with E-state index in [0.29, 0.717) is 16.4 Å². The lowest BCUT2D eigenvalue weighted by atomic mass is 10.1. The van der Waals surface area contributed by atoms with Gasteiger partial charge >= 0.3 is 0 Å². The van der Waals surface area contributed by atoms with Crippen LogP contribution in [0.2, 0.25) is 0 Å². The molecule has 33 heavy (non-hydrogen) atoms. The van der Waals surface area contributed by atoms with Crippen LogP contribution in [0, 0.1) is 0 Å². The van der Waals surface area contributed by atoms with Crippen molar-refractivity contribution in [1.82, 2.24) is 19.7 Å². The van der Waals surface area contributed by atoms with Crippen molar-refractivity contribution in [2.75, 3.05) is 5.32 Å². The fourth-order valence-electron chi connectivity index (χ4n) is 3.30. The number of aromatic nitrogens is 4. The lowest BCUT2D eigenvalue weighted by Gasteiger charge is -2.10. The van der Waals surface area contributed by atoms with Gasteiger partial charge in [-0.2, -0.15) is 0 Å². The fraction of sp³-hybridized carbons (Fsp3) is 0.0400. The molecule has 0 bridgehead atoms. The molecule has 0 unspecified atom stereocenters. The molecule has 5 rings (SSSR count). The second kappa shape index (κ2) is 9.81. The summed E-state index contributed by atoms with van der Waals surface area (Å²) in [6.45, 7) is 0. The van der Waals surface area contributed by atoms with Crippen molar-refractivity contribution < 1.29 is 4.79 Å².